The van der Waals surface area contributed by atoms with Gasteiger partial charge in [-0.3, -0.25) is 4.79 Å². The van der Waals surface area contributed by atoms with E-state index < -0.39 is 0 Å². The van der Waals surface area contributed by atoms with Crippen molar-refractivity contribution in [2.75, 3.05) is 19.7 Å². The highest BCUT2D eigenvalue weighted by Crippen LogP contribution is 2.18. The summed E-state index contributed by atoms with van der Waals surface area (Å²) in [4.78, 5) is 13.9. The Morgan fingerprint density at radius 1 is 1.53 bits per heavy atom. The van der Waals surface area contributed by atoms with Crippen LogP contribution in [0, 0.1) is 0 Å². The van der Waals surface area contributed by atoms with Gasteiger partial charge in [0.2, 0.25) is 0 Å². The Bertz CT molecular complexity index is 442. The third-order valence-corrected chi connectivity index (χ3v) is 2.94. The first-order valence-corrected chi connectivity index (χ1v) is 5.93. The standard InChI is InChI=1S/C10H11Cl2N3O2/c1-6-5-15(2-3-17-6)10(16)7-4-8(11)13-14-9(7)12/h4,6H,2-3,5H2,1H3. The fourth-order valence-electron chi connectivity index (χ4n) is 1.68. The molecule has 7 heteroatoms. The van der Waals surface area contributed by atoms with Gasteiger partial charge in [0.05, 0.1) is 18.3 Å². The van der Waals surface area contributed by atoms with Crippen LogP contribution in [0.15, 0.2) is 6.07 Å². The highest BCUT2D eigenvalue weighted by atomic mass is 35.5. The van der Waals surface area contributed by atoms with Crippen molar-refractivity contribution in [1.29, 1.82) is 0 Å². The molecule has 0 spiro atoms. The number of ether oxygens (including phenoxy) is 1. The third-order valence-electron chi connectivity index (χ3n) is 2.48. The predicted molar refractivity (Wildman–Crippen MR) is 63.4 cm³/mol. The molecule has 1 aliphatic heterocycles. The molecule has 1 saturated heterocycles. The van der Waals surface area contributed by atoms with Crippen molar-refractivity contribution in [1.82, 2.24) is 15.1 Å². The monoisotopic (exact) mass is 275 g/mol. The zero-order chi connectivity index (χ0) is 12.4. The van der Waals surface area contributed by atoms with Crippen molar-refractivity contribution in [3.05, 3.63) is 21.9 Å². The quantitative estimate of drug-likeness (QED) is 0.782. The molecule has 0 aliphatic carbocycles. The molecule has 1 fully saturated rings. The van der Waals surface area contributed by atoms with E-state index >= 15 is 0 Å². The number of halogens is 2. The highest BCUT2D eigenvalue weighted by Gasteiger charge is 2.24. The van der Waals surface area contributed by atoms with Crippen LogP contribution in [0.3, 0.4) is 0 Å². The topological polar surface area (TPSA) is 55.3 Å². The molecule has 1 aliphatic rings. The number of hydrogen-bond donors (Lipinski definition) is 0. The van der Waals surface area contributed by atoms with Crippen LogP contribution >= 0.6 is 23.2 Å². The number of nitrogens with zero attached hydrogens (tertiary/aromatic N) is 3. The van der Waals surface area contributed by atoms with Crippen LogP contribution in [0.25, 0.3) is 0 Å². The number of rotatable bonds is 1. The van der Waals surface area contributed by atoms with Crippen LogP contribution < -0.4 is 0 Å². The second-order valence-corrected chi connectivity index (χ2v) is 4.55. The fraction of sp³-hybridized carbons (Fsp3) is 0.500. The summed E-state index contributed by atoms with van der Waals surface area (Å²) in [5.41, 5.74) is 0.278. The number of amides is 1. The lowest BCUT2D eigenvalue weighted by Crippen LogP contribution is -2.44. The minimum absolute atomic E-state index is 0.0248. The second-order valence-electron chi connectivity index (χ2n) is 3.80. The van der Waals surface area contributed by atoms with Gasteiger partial charge in [0, 0.05) is 13.1 Å². The second kappa shape index (κ2) is 5.16. The summed E-state index contributed by atoms with van der Waals surface area (Å²) in [6, 6.07) is 1.43. The highest BCUT2D eigenvalue weighted by molar-refractivity contribution is 6.34. The Kier molecular flexibility index (Phi) is 3.81. The van der Waals surface area contributed by atoms with Crippen molar-refractivity contribution < 1.29 is 9.53 Å². The number of hydrogen-bond acceptors (Lipinski definition) is 4. The van der Waals surface area contributed by atoms with Crippen LogP contribution in [-0.2, 0) is 4.74 Å². The van der Waals surface area contributed by atoms with E-state index in [1.54, 1.807) is 4.90 Å². The molecule has 1 unspecified atom stereocenters. The van der Waals surface area contributed by atoms with E-state index in [1.165, 1.54) is 6.07 Å². The van der Waals surface area contributed by atoms with E-state index in [4.69, 9.17) is 27.9 Å². The predicted octanol–water partition coefficient (Wildman–Crippen LogP) is 1.64. The SMILES string of the molecule is CC1CN(C(=O)c2cc(Cl)nnc2Cl)CCO1. The summed E-state index contributed by atoms with van der Waals surface area (Å²) < 4.78 is 5.37. The fourth-order valence-corrected chi connectivity index (χ4v) is 2.00. The molecular formula is C10H11Cl2N3O2. The van der Waals surface area contributed by atoms with Gasteiger partial charge in [-0.05, 0) is 13.0 Å². The zero-order valence-corrected chi connectivity index (χ0v) is 10.7. The van der Waals surface area contributed by atoms with Crippen LogP contribution in [0.2, 0.25) is 10.3 Å². The lowest BCUT2D eigenvalue weighted by molar-refractivity contribution is -0.0124. The average molecular weight is 276 g/mol. The zero-order valence-electron chi connectivity index (χ0n) is 9.19. The Morgan fingerprint density at radius 2 is 2.29 bits per heavy atom. The van der Waals surface area contributed by atoms with Gasteiger partial charge in [0.15, 0.2) is 10.3 Å². The summed E-state index contributed by atoms with van der Waals surface area (Å²) in [6.07, 6.45) is 0.0248. The molecule has 1 atom stereocenters. The van der Waals surface area contributed by atoms with E-state index in [0.717, 1.165) is 0 Å². The van der Waals surface area contributed by atoms with Crippen LogP contribution in [-0.4, -0.2) is 46.8 Å². The Morgan fingerprint density at radius 3 is 3.00 bits per heavy atom. The van der Waals surface area contributed by atoms with Gasteiger partial charge in [-0.25, -0.2) is 0 Å². The van der Waals surface area contributed by atoms with Gasteiger partial charge in [0.1, 0.15) is 0 Å². The summed E-state index contributed by atoms with van der Waals surface area (Å²) in [6.45, 7) is 3.52. The molecular weight excluding hydrogens is 265 g/mol. The normalized spacial score (nSPS) is 20.4. The first-order valence-electron chi connectivity index (χ1n) is 5.17. The molecule has 1 aromatic rings. The van der Waals surface area contributed by atoms with Crippen LogP contribution in [0.4, 0.5) is 0 Å². The smallest absolute Gasteiger partial charge is 0.257 e. The first-order chi connectivity index (χ1) is 8.08. The van der Waals surface area contributed by atoms with E-state index in [2.05, 4.69) is 10.2 Å². The minimum atomic E-state index is -0.193. The molecule has 0 saturated carbocycles. The molecule has 17 heavy (non-hydrogen) atoms. The molecule has 0 radical (unpaired) electrons. The Labute approximate surface area is 109 Å². The van der Waals surface area contributed by atoms with Crippen molar-refractivity contribution in [2.45, 2.75) is 13.0 Å². The van der Waals surface area contributed by atoms with Crippen molar-refractivity contribution >= 4 is 29.1 Å². The van der Waals surface area contributed by atoms with Gasteiger partial charge >= 0.3 is 0 Å². The van der Waals surface area contributed by atoms with Gasteiger partial charge in [0.25, 0.3) is 5.91 Å². The number of aromatic nitrogens is 2. The molecule has 0 N–H and O–H groups in total. The van der Waals surface area contributed by atoms with Gasteiger partial charge in [-0.2, -0.15) is 0 Å². The maximum Gasteiger partial charge on any atom is 0.257 e. The van der Waals surface area contributed by atoms with Gasteiger partial charge in [-0.15, -0.1) is 10.2 Å². The molecule has 5 nitrogen and oxygen atoms in total. The summed E-state index contributed by atoms with van der Waals surface area (Å²) in [7, 11) is 0. The van der Waals surface area contributed by atoms with Crippen molar-refractivity contribution in [2.24, 2.45) is 0 Å². The van der Waals surface area contributed by atoms with Crippen molar-refractivity contribution in [3.63, 3.8) is 0 Å². The lowest BCUT2D eigenvalue weighted by atomic mass is 10.2. The molecule has 2 heterocycles. The van der Waals surface area contributed by atoms with Gasteiger partial charge in [-0.1, -0.05) is 23.2 Å². The average Bonchev–Trinajstić information content (AvgIpc) is 2.31. The third kappa shape index (κ3) is 2.86. The molecule has 92 valence electrons. The first kappa shape index (κ1) is 12.5. The summed E-state index contributed by atoms with van der Waals surface area (Å²) in [5, 5.41) is 7.41. The van der Waals surface area contributed by atoms with E-state index in [0.29, 0.717) is 19.7 Å². The molecule has 1 amide bonds. The number of carbonyl (C=O) groups is 1. The Balaban J connectivity index is 2.21. The van der Waals surface area contributed by atoms with Gasteiger partial charge < -0.3 is 9.64 Å². The molecule has 0 bridgehead atoms. The maximum absolute atomic E-state index is 12.2. The molecule has 1 aromatic heterocycles. The number of carbonyl (C=O) groups excluding carboxylic acids is 1. The lowest BCUT2D eigenvalue weighted by Gasteiger charge is -2.31. The maximum atomic E-state index is 12.2. The minimum Gasteiger partial charge on any atom is -0.375 e. The Hall–Kier alpha value is -0.910. The molecule has 0 aromatic carbocycles. The van der Waals surface area contributed by atoms with E-state index in [-0.39, 0.29) is 27.9 Å². The van der Waals surface area contributed by atoms with E-state index in [9.17, 15) is 4.79 Å². The largest absolute Gasteiger partial charge is 0.375 e. The van der Waals surface area contributed by atoms with Crippen molar-refractivity contribution in [3.8, 4) is 0 Å². The van der Waals surface area contributed by atoms with Crippen LogP contribution in [0.1, 0.15) is 17.3 Å². The number of morpholine rings is 1. The summed E-state index contributed by atoms with van der Waals surface area (Å²) >= 11 is 11.5. The van der Waals surface area contributed by atoms with Crippen LogP contribution in [0.5, 0.6) is 0 Å². The van der Waals surface area contributed by atoms with E-state index in [1.807, 2.05) is 6.92 Å². The summed E-state index contributed by atoms with van der Waals surface area (Å²) in [5.74, 6) is -0.193. The molecule has 2 rings (SSSR count).